The molecule has 12 aromatic rings. The molecule has 2 aliphatic rings. The molecule has 335 valence electrons. The predicted octanol–water partition coefficient (Wildman–Crippen LogP) is 16.0. The Balaban J connectivity index is 1.15. The van der Waals surface area contributed by atoms with Gasteiger partial charge in [-0.3, -0.25) is 0 Å². The van der Waals surface area contributed by atoms with Crippen LogP contribution >= 0.6 is 0 Å². The molecule has 0 spiro atoms. The van der Waals surface area contributed by atoms with E-state index < -0.39 is 0 Å². The van der Waals surface area contributed by atoms with E-state index >= 15 is 0 Å². The molecule has 1 aliphatic carbocycles. The van der Waals surface area contributed by atoms with Gasteiger partial charge >= 0.3 is 0 Å². The van der Waals surface area contributed by atoms with E-state index in [1.165, 1.54) is 76.9 Å². The second-order valence-corrected chi connectivity index (χ2v) is 21.1. The lowest BCUT2D eigenvalue weighted by atomic mass is 9.58. The number of para-hydroxylation sites is 3. The number of aryl methyl sites for hydroxylation is 1. The van der Waals surface area contributed by atoms with E-state index in [2.05, 4.69) is 244 Å². The normalized spacial score (nSPS) is 14.6. The van der Waals surface area contributed by atoms with Crippen LogP contribution in [0.3, 0.4) is 0 Å². The van der Waals surface area contributed by atoms with Crippen LogP contribution in [0, 0.1) is 6.92 Å². The van der Waals surface area contributed by atoms with Crippen molar-refractivity contribution in [3.8, 4) is 45.0 Å². The van der Waals surface area contributed by atoms with Crippen molar-refractivity contribution < 1.29 is 4.42 Å². The number of anilines is 2. The lowest BCUT2D eigenvalue weighted by Gasteiger charge is -2.42. The summed E-state index contributed by atoms with van der Waals surface area (Å²) in [5, 5.41) is 10.1. The van der Waals surface area contributed by atoms with Crippen LogP contribution in [0.5, 0.6) is 0 Å². The summed E-state index contributed by atoms with van der Waals surface area (Å²) in [5.74, 6) is 0.880. The molecule has 1 radical (unpaired) electrons. The maximum Gasteiger partial charge on any atom is 0.198 e. The number of benzene rings is 9. The maximum absolute atomic E-state index is 7.06. The second kappa shape index (κ2) is 15.0. The Morgan fingerprint density at radius 1 is 0.514 bits per heavy atom. The first-order valence-electron chi connectivity index (χ1n) is 24.8. The van der Waals surface area contributed by atoms with Gasteiger partial charge in [0.15, 0.2) is 7.28 Å². The Kier molecular flexibility index (Phi) is 8.78. The first-order chi connectivity index (χ1) is 34.1. The fraction of sp³-hybridized carbons (Fsp3) is 0.138. The second-order valence-electron chi connectivity index (χ2n) is 21.1. The number of aromatic nitrogens is 2. The highest BCUT2D eigenvalue weighted by atomic mass is 16.3. The number of fused-ring (bicyclic) bond motifs is 10. The van der Waals surface area contributed by atoms with Crippen LogP contribution in [0.25, 0.3) is 99.5 Å². The molecule has 0 bridgehead atoms. The summed E-state index contributed by atoms with van der Waals surface area (Å²) in [6.45, 7) is 11.9. The van der Waals surface area contributed by atoms with Crippen LogP contribution in [0.4, 0.5) is 11.4 Å². The standard InChI is InChI=1S/C65H51BN3O/c1-39-28-30-42(31-29-39)67-52-37-50-49(64(2,3)32-33-65(50,4)5)34-46(52)47-35-57(68-53-25-15-12-22-43(53)44-23-13-16-26-54(44)68)60-45-24-14-17-27-55(45)69-56-36-48-58(38-51(56)66-61(47)62(60)69)70-63(41-20-10-7-11-21-41)59(48)40-18-8-6-9-19-40/h6-31,34-38,67H,32-33H2,1-5H3. The summed E-state index contributed by atoms with van der Waals surface area (Å²) in [6, 6.07) is 69.3. The zero-order valence-electron chi connectivity index (χ0n) is 40.2. The van der Waals surface area contributed by atoms with Gasteiger partial charge in [0.2, 0.25) is 0 Å². The van der Waals surface area contributed by atoms with Gasteiger partial charge in [-0.1, -0.05) is 166 Å². The Morgan fingerprint density at radius 2 is 1.09 bits per heavy atom. The predicted molar refractivity (Wildman–Crippen MR) is 296 cm³/mol. The van der Waals surface area contributed by atoms with Crippen molar-refractivity contribution in [3.63, 3.8) is 0 Å². The van der Waals surface area contributed by atoms with Crippen molar-refractivity contribution >= 4 is 84.2 Å². The number of nitrogens with zero attached hydrogens (tertiary/aromatic N) is 2. The zero-order chi connectivity index (χ0) is 47.0. The first-order valence-corrected chi connectivity index (χ1v) is 24.8. The van der Waals surface area contributed by atoms with Crippen LogP contribution < -0.4 is 16.2 Å². The number of hydrogen-bond donors (Lipinski definition) is 1. The third-order valence-electron chi connectivity index (χ3n) is 15.9. The van der Waals surface area contributed by atoms with Gasteiger partial charge in [0, 0.05) is 60.7 Å². The lowest BCUT2D eigenvalue weighted by Crippen LogP contribution is -2.38. The fourth-order valence-electron chi connectivity index (χ4n) is 12.2. The maximum atomic E-state index is 7.06. The van der Waals surface area contributed by atoms with Gasteiger partial charge in [-0.25, -0.2) is 0 Å². The summed E-state index contributed by atoms with van der Waals surface area (Å²) in [5.41, 5.74) is 22.2. The van der Waals surface area contributed by atoms with Crippen molar-refractivity contribution in [2.75, 3.05) is 5.32 Å². The summed E-state index contributed by atoms with van der Waals surface area (Å²) in [4.78, 5) is 0. The summed E-state index contributed by atoms with van der Waals surface area (Å²) in [7, 11) is 2.46. The summed E-state index contributed by atoms with van der Waals surface area (Å²) < 4.78 is 12.2. The van der Waals surface area contributed by atoms with Crippen LogP contribution in [-0.2, 0) is 10.8 Å². The number of nitrogens with one attached hydrogen (secondary N) is 1. The van der Waals surface area contributed by atoms with Crippen LogP contribution in [0.2, 0.25) is 0 Å². The molecular formula is C65H51BN3O. The van der Waals surface area contributed by atoms with Gasteiger partial charge in [-0.15, -0.1) is 0 Å². The highest BCUT2D eigenvalue weighted by Gasteiger charge is 2.39. The zero-order valence-corrected chi connectivity index (χ0v) is 40.2. The molecule has 0 fully saturated rings. The van der Waals surface area contributed by atoms with Crippen molar-refractivity contribution in [2.45, 2.75) is 58.3 Å². The van der Waals surface area contributed by atoms with Crippen molar-refractivity contribution in [2.24, 2.45) is 0 Å². The minimum absolute atomic E-state index is 0.0119. The summed E-state index contributed by atoms with van der Waals surface area (Å²) in [6.07, 6.45) is 2.26. The molecule has 0 atom stereocenters. The highest BCUT2D eigenvalue weighted by Crippen LogP contribution is 2.51. The monoisotopic (exact) mass is 900 g/mol. The van der Waals surface area contributed by atoms with Crippen molar-refractivity contribution in [1.82, 2.24) is 9.13 Å². The first kappa shape index (κ1) is 41.0. The van der Waals surface area contributed by atoms with E-state index in [0.717, 1.165) is 74.5 Å². The van der Waals surface area contributed by atoms with E-state index in [9.17, 15) is 0 Å². The average molecular weight is 901 g/mol. The molecule has 3 aromatic heterocycles. The molecule has 1 aliphatic heterocycles. The molecule has 70 heavy (non-hydrogen) atoms. The van der Waals surface area contributed by atoms with Crippen LogP contribution in [-0.4, -0.2) is 16.4 Å². The molecule has 4 heterocycles. The Morgan fingerprint density at radius 3 is 1.74 bits per heavy atom. The molecule has 9 aromatic carbocycles. The van der Waals surface area contributed by atoms with Gasteiger partial charge in [0.25, 0.3) is 0 Å². The fourth-order valence-corrected chi connectivity index (χ4v) is 12.2. The van der Waals surface area contributed by atoms with Crippen molar-refractivity contribution in [3.05, 3.63) is 205 Å². The topological polar surface area (TPSA) is 35.0 Å². The van der Waals surface area contributed by atoms with Gasteiger partial charge in [0.1, 0.15) is 11.3 Å². The minimum Gasteiger partial charge on any atom is -0.455 e. The van der Waals surface area contributed by atoms with Crippen molar-refractivity contribution in [1.29, 1.82) is 0 Å². The molecule has 0 saturated carbocycles. The third-order valence-corrected chi connectivity index (χ3v) is 15.9. The van der Waals surface area contributed by atoms with Gasteiger partial charge in [-0.2, -0.15) is 0 Å². The van der Waals surface area contributed by atoms with Crippen LogP contribution in [0.1, 0.15) is 57.2 Å². The number of hydrogen-bond acceptors (Lipinski definition) is 2. The molecule has 5 heteroatoms. The molecule has 0 amide bonds. The number of rotatable bonds is 6. The van der Waals surface area contributed by atoms with Gasteiger partial charge in [0.05, 0.1) is 27.8 Å². The molecule has 1 N–H and O–H groups in total. The van der Waals surface area contributed by atoms with E-state index in [1.807, 2.05) is 0 Å². The molecule has 14 rings (SSSR count). The molecule has 0 saturated heterocycles. The lowest BCUT2D eigenvalue weighted by molar-refractivity contribution is 0.332. The number of furan rings is 1. The van der Waals surface area contributed by atoms with Gasteiger partial charge < -0.3 is 18.9 Å². The quantitative estimate of drug-likeness (QED) is 0.169. The Labute approximate surface area is 409 Å². The van der Waals surface area contributed by atoms with E-state index in [1.54, 1.807) is 0 Å². The van der Waals surface area contributed by atoms with E-state index in [4.69, 9.17) is 4.42 Å². The average Bonchev–Trinajstić information content (AvgIpc) is 4.05. The van der Waals surface area contributed by atoms with Gasteiger partial charge in [-0.05, 0) is 119 Å². The van der Waals surface area contributed by atoms with E-state index in [0.29, 0.717) is 0 Å². The Hall–Kier alpha value is -8.02. The minimum atomic E-state index is -0.0119. The van der Waals surface area contributed by atoms with Crippen LogP contribution in [0.15, 0.2) is 192 Å². The largest absolute Gasteiger partial charge is 0.455 e. The summed E-state index contributed by atoms with van der Waals surface area (Å²) >= 11 is 0. The highest BCUT2D eigenvalue weighted by molar-refractivity contribution is 6.74. The van der Waals surface area contributed by atoms with E-state index in [-0.39, 0.29) is 10.8 Å². The molecular weight excluding hydrogens is 850 g/mol. The SMILES string of the molecule is Cc1ccc(Nc2cc3c(cc2-c2cc(-n4c5ccccc5c5ccccc54)c4c5ccccc5n5c4c2[B]c2cc4oc(-c6ccccc6)c(-c6ccccc6)c4cc2-5)C(C)(C)CCC3(C)C)cc1. The Bertz CT molecular complexity index is 4060. The smallest absolute Gasteiger partial charge is 0.198 e. The molecule has 0 unspecified atom stereocenters. The third kappa shape index (κ3) is 6.03. The molecule has 4 nitrogen and oxygen atoms in total.